The summed E-state index contributed by atoms with van der Waals surface area (Å²) < 4.78 is 10.5. The first kappa shape index (κ1) is 19.7. The zero-order chi connectivity index (χ0) is 19.2. The fourth-order valence-electron chi connectivity index (χ4n) is 3.21. The predicted molar refractivity (Wildman–Crippen MR) is 109 cm³/mol. The largest absolute Gasteiger partial charge is 0.493 e. The molecule has 0 atom stereocenters. The van der Waals surface area contributed by atoms with Crippen molar-refractivity contribution in [2.45, 2.75) is 6.54 Å². The zero-order valence-corrected chi connectivity index (χ0v) is 17.1. The molecule has 3 rings (SSSR count). The Balaban J connectivity index is 1.57. The van der Waals surface area contributed by atoms with Crippen molar-refractivity contribution in [1.29, 1.82) is 0 Å². The number of nitrogens with one attached hydrogen (secondary N) is 1. The summed E-state index contributed by atoms with van der Waals surface area (Å²) >= 11 is 7.95. The van der Waals surface area contributed by atoms with Crippen LogP contribution in [0.4, 0.5) is 0 Å². The van der Waals surface area contributed by atoms with E-state index in [1.807, 2.05) is 4.90 Å². The van der Waals surface area contributed by atoms with E-state index in [0.717, 1.165) is 38.3 Å². The van der Waals surface area contributed by atoms with Crippen molar-refractivity contribution < 1.29 is 19.2 Å². The molecule has 0 spiro atoms. The van der Waals surface area contributed by atoms with E-state index in [1.165, 1.54) is 10.5 Å². The Labute approximate surface area is 168 Å². The number of ether oxygens (including phenoxy) is 2. The van der Waals surface area contributed by atoms with Gasteiger partial charge in [0.2, 0.25) is 5.91 Å². The molecule has 0 radical (unpaired) electrons. The molecule has 0 bridgehead atoms. The molecular formula is C20H24ClN2O3S+. The van der Waals surface area contributed by atoms with Crippen LogP contribution in [0.3, 0.4) is 0 Å². The molecule has 7 heteroatoms. The molecule has 1 aromatic carbocycles. The first-order valence-corrected chi connectivity index (χ1v) is 10.2. The quantitative estimate of drug-likeness (QED) is 0.747. The third-order valence-electron chi connectivity index (χ3n) is 4.69. The first-order valence-electron chi connectivity index (χ1n) is 8.84. The molecule has 1 aromatic heterocycles. The van der Waals surface area contributed by atoms with Crippen LogP contribution >= 0.6 is 22.9 Å². The number of rotatable bonds is 6. The van der Waals surface area contributed by atoms with Gasteiger partial charge in [0.1, 0.15) is 6.54 Å². The molecule has 1 saturated heterocycles. The van der Waals surface area contributed by atoms with Crippen molar-refractivity contribution >= 4 is 34.9 Å². The van der Waals surface area contributed by atoms with Gasteiger partial charge in [-0.2, -0.15) is 11.3 Å². The molecule has 5 nitrogen and oxygen atoms in total. The molecule has 1 aliphatic heterocycles. The molecular weight excluding hydrogens is 384 g/mol. The predicted octanol–water partition coefficient (Wildman–Crippen LogP) is 2.36. The number of benzene rings is 1. The molecule has 1 amide bonds. The molecule has 2 heterocycles. The summed E-state index contributed by atoms with van der Waals surface area (Å²) in [5.41, 5.74) is 2.17. The van der Waals surface area contributed by atoms with Crippen molar-refractivity contribution in [1.82, 2.24) is 4.90 Å². The summed E-state index contributed by atoms with van der Waals surface area (Å²) in [6.07, 6.45) is 3.36. The third kappa shape index (κ3) is 5.03. The number of methoxy groups -OCH3 is 2. The number of nitrogens with zero attached hydrogens (tertiary/aromatic N) is 1. The fourth-order valence-corrected chi connectivity index (χ4v) is 4.17. The monoisotopic (exact) mass is 407 g/mol. The van der Waals surface area contributed by atoms with Crippen LogP contribution < -0.4 is 14.4 Å². The van der Waals surface area contributed by atoms with Gasteiger partial charge < -0.3 is 19.3 Å². The molecule has 144 valence electrons. The summed E-state index contributed by atoms with van der Waals surface area (Å²) in [6, 6.07) is 5.74. The summed E-state index contributed by atoms with van der Waals surface area (Å²) in [7, 11) is 3.10. The minimum absolute atomic E-state index is 0.0236. The van der Waals surface area contributed by atoms with Crippen LogP contribution in [-0.2, 0) is 11.3 Å². The number of halogens is 1. The van der Waals surface area contributed by atoms with Gasteiger partial charge in [0.15, 0.2) is 11.5 Å². The van der Waals surface area contributed by atoms with Gasteiger partial charge in [-0.25, -0.2) is 0 Å². The molecule has 2 aromatic rings. The molecule has 0 aliphatic carbocycles. The highest BCUT2D eigenvalue weighted by Gasteiger charge is 2.22. The van der Waals surface area contributed by atoms with Crippen LogP contribution in [-0.4, -0.2) is 51.2 Å². The third-order valence-corrected chi connectivity index (χ3v) is 5.70. The highest BCUT2D eigenvalue weighted by Crippen LogP contribution is 2.36. The lowest BCUT2D eigenvalue weighted by molar-refractivity contribution is -0.917. The Morgan fingerprint density at radius 3 is 2.70 bits per heavy atom. The number of amides is 1. The van der Waals surface area contributed by atoms with Gasteiger partial charge in [0, 0.05) is 11.6 Å². The standard InChI is InChI=1S/C20H23ClN2O3S/c1-25-18-12-15(11-17(21)20(18)26-2)3-4-19(24)23-8-6-22(7-9-23)13-16-5-10-27-14-16/h3-5,10-12,14H,6-9,13H2,1-2H3/p+1/b4-3+. The Hall–Kier alpha value is -2.02. The van der Waals surface area contributed by atoms with E-state index in [4.69, 9.17) is 21.1 Å². The summed E-state index contributed by atoms with van der Waals surface area (Å²) in [6.45, 7) is 4.52. The van der Waals surface area contributed by atoms with E-state index in [0.29, 0.717) is 16.5 Å². The Bertz CT molecular complexity index is 800. The zero-order valence-electron chi connectivity index (χ0n) is 15.5. The van der Waals surface area contributed by atoms with E-state index >= 15 is 0 Å². The lowest BCUT2D eigenvalue weighted by Gasteiger charge is -2.31. The van der Waals surface area contributed by atoms with Crippen LogP contribution in [0.5, 0.6) is 11.5 Å². The number of hydrogen-bond acceptors (Lipinski definition) is 4. The number of carbonyl (C=O) groups excluding carboxylic acids is 1. The summed E-state index contributed by atoms with van der Waals surface area (Å²) in [4.78, 5) is 15.9. The maximum Gasteiger partial charge on any atom is 0.246 e. The SMILES string of the molecule is COc1cc(/C=C/C(=O)N2CC[NH+](Cc3ccsc3)CC2)cc(Cl)c1OC. The number of hydrogen-bond donors (Lipinski definition) is 1. The maximum absolute atomic E-state index is 12.5. The highest BCUT2D eigenvalue weighted by atomic mass is 35.5. The van der Waals surface area contributed by atoms with Crippen molar-refractivity contribution in [3.8, 4) is 11.5 Å². The summed E-state index contributed by atoms with van der Waals surface area (Å²) in [5.74, 6) is 1.06. The fraction of sp³-hybridized carbons (Fsp3) is 0.350. The average Bonchev–Trinajstić information content (AvgIpc) is 3.19. The van der Waals surface area contributed by atoms with E-state index in [1.54, 1.807) is 49.8 Å². The summed E-state index contributed by atoms with van der Waals surface area (Å²) in [5, 5.41) is 4.76. The van der Waals surface area contributed by atoms with Gasteiger partial charge in [-0.15, -0.1) is 0 Å². The van der Waals surface area contributed by atoms with E-state index < -0.39 is 0 Å². The van der Waals surface area contributed by atoms with Gasteiger partial charge in [0.05, 0.1) is 45.4 Å². The maximum atomic E-state index is 12.5. The number of carbonyl (C=O) groups is 1. The van der Waals surface area contributed by atoms with Crippen molar-refractivity contribution in [3.63, 3.8) is 0 Å². The minimum Gasteiger partial charge on any atom is -0.493 e. The van der Waals surface area contributed by atoms with Gasteiger partial charge in [-0.3, -0.25) is 4.79 Å². The van der Waals surface area contributed by atoms with Crippen LogP contribution in [0.15, 0.2) is 35.0 Å². The lowest BCUT2D eigenvalue weighted by Crippen LogP contribution is -3.13. The molecule has 27 heavy (non-hydrogen) atoms. The molecule has 1 N–H and O–H groups in total. The lowest BCUT2D eigenvalue weighted by atomic mass is 10.1. The van der Waals surface area contributed by atoms with Gasteiger partial charge in [0.25, 0.3) is 0 Å². The number of piperazine rings is 1. The van der Waals surface area contributed by atoms with E-state index in [-0.39, 0.29) is 5.91 Å². The van der Waals surface area contributed by atoms with Crippen molar-refractivity contribution in [3.05, 3.63) is 51.2 Å². The Kier molecular flexibility index (Phi) is 6.77. The second kappa shape index (κ2) is 9.26. The normalized spacial score (nSPS) is 15.3. The van der Waals surface area contributed by atoms with Crippen molar-refractivity contribution in [2.75, 3.05) is 40.4 Å². The average molecular weight is 408 g/mol. The molecule has 1 fully saturated rings. The van der Waals surface area contributed by atoms with E-state index in [9.17, 15) is 4.79 Å². The van der Waals surface area contributed by atoms with Gasteiger partial charge in [-0.05, 0) is 40.6 Å². The minimum atomic E-state index is 0.0236. The smallest absolute Gasteiger partial charge is 0.246 e. The number of quaternary nitrogens is 1. The van der Waals surface area contributed by atoms with Gasteiger partial charge >= 0.3 is 0 Å². The molecule has 0 saturated carbocycles. The van der Waals surface area contributed by atoms with Gasteiger partial charge in [-0.1, -0.05) is 11.6 Å². The second-order valence-electron chi connectivity index (χ2n) is 6.46. The molecule has 0 unspecified atom stereocenters. The Morgan fingerprint density at radius 2 is 2.07 bits per heavy atom. The Morgan fingerprint density at radius 1 is 1.30 bits per heavy atom. The number of thiophene rings is 1. The molecule has 1 aliphatic rings. The highest BCUT2D eigenvalue weighted by molar-refractivity contribution is 7.07. The topological polar surface area (TPSA) is 43.2 Å². The van der Waals surface area contributed by atoms with Crippen LogP contribution in [0.1, 0.15) is 11.1 Å². The second-order valence-corrected chi connectivity index (χ2v) is 7.64. The van der Waals surface area contributed by atoms with Crippen LogP contribution in [0.25, 0.3) is 6.08 Å². The van der Waals surface area contributed by atoms with Crippen LogP contribution in [0, 0.1) is 0 Å². The van der Waals surface area contributed by atoms with Crippen molar-refractivity contribution in [2.24, 2.45) is 0 Å². The van der Waals surface area contributed by atoms with E-state index in [2.05, 4.69) is 16.8 Å². The van der Waals surface area contributed by atoms with Crippen LogP contribution in [0.2, 0.25) is 5.02 Å². The first-order chi connectivity index (χ1) is 13.1.